The molecule has 0 aliphatic heterocycles. The molecule has 0 unspecified atom stereocenters. The Labute approximate surface area is 173 Å². The van der Waals surface area contributed by atoms with Crippen molar-refractivity contribution in [3.8, 4) is 0 Å². The van der Waals surface area contributed by atoms with E-state index in [1.165, 1.54) is 24.3 Å². The average Bonchev–Trinajstić information content (AvgIpc) is 2.62. The van der Waals surface area contributed by atoms with Gasteiger partial charge in [-0.1, -0.05) is 23.7 Å². The largest absolute Gasteiger partial charge is 0.319 e. The quantitative estimate of drug-likeness (QED) is 0.585. The van der Waals surface area contributed by atoms with Gasteiger partial charge in [0.2, 0.25) is 0 Å². The average molecular weight is 433 g/mol. The highest BCUT2D eigenvalue weighted by Gasteiger charge is 2.18. The fourth-order valence-corrected chi connectivity index (χ4v) is 4.08. The maximum atomic E-state index is 14.5. The van der Waals surface area contributed by atoms with E-state index in [2.05, 4.69) is 10.0 Å². The monoisotopic (exact) mass is 432 g/mol. The smallest absolute Gasteiger partial charge is 0.261 e. The highest BCUT2D eigenvalue weighted by atomic mass is 35.5. The maximum absolute atomic E-state index is 14.5. The maximum Gasteiger partial charge on any atom is 0.261 e. The van der Waals surface area contributed by atoms with E-state index in [9.17, 15) is 17.6 Å². The fraction of sp³-hybridized carbons (Fsp3) is 0.0952. The van der Waals surface area contributed by atoms with Crippen molar-refractivity contribution in [1.82, 2.24) is 0 Å². The molecule has 0 heterocycles. The highest BCUT2D eigenvalue weighted by Crippen LogP contribution is 2.23. The van der Waals surface area contributed by atoms with E-state index in [0.717, 1.165) is 17.2 Å². The Bertz CT molecular complexity index is 1180. The summed E-state index contributed by atoms with van der Waals surface area (Å²) in [6.07, 6.45) is 0. The van der Waals surface area contributed by atoms with Crippen LogP contribution in [0.15, 0.2) is 65.6 Å². The lowest BCUT2D eigenvalue weighted by atomic mass is 10.1. The Morgan fingerprint density at radius 2 is 1.66 bits per heavy atom. The predicted octanol–water partition coefficient (Wildman–Crippen LogP) is 5.15. The van der Waals surface area contributed by atoms with Crippen molar-refractivity contribution in [3.05, 3.63) is 88.2 Å². The first kappa shape index (κ1) is 20.8. The van der Waals surface area contributed by atoms with E-state index >= 15 is 0 Å². The number of sulfonamides is 1. The van der Waals surface area contributed by atoms with E-state index in [1.807, 2.05) is 19.9 Å². The van der Waals surface area contributed by atoms with E-state index in [-0.39, 0.29) is 16.1 Å². The van der Waals surface area contributed by atoms with Crippen LogP contribution in [0, 0.1) is 19.7 Å². The molecule has 3 aromatic rings. The van der Waals surface area contributed by atoms with Crippen LogP contribution in [0.2, 0.25) is 5.02 Å². The minimum absolute atomic E-state index is 0.139. The van der Waals surface area contributed by atoms with Gasteiger partial charge in [0.05, 0.1) is 10.6 Å². The number of aryl methyl sites for hydroxylation is 2. The normalized spacial score (nSPS) is 11.2. The predicted molar refractivity (Wildman–Crippen MR) is 113 cm³/mol. The number of halogens is 2. The number of anilines is 2. The molecule has 3 rings (SSSR count). The van der Waals surface area contributed by atoms with Gasteiger partial charge in [-0.15, -0.1) is 0 Å². The second-order valence-electron chi connectivity index (χ2n) is 6.59. The van der Waals surface area contributed by atoms with Crippen molar-refractivity contribution in [2.45, 2.75) is 18.7 Å². The SMILES string of the molecule is Cc1cc(C)cc(NS(=O)(=O)c2ccc(NC(=O)c3cccc(Cl)c3)c(F)c2)c1. The molecular formula is C21H18ClFN2O3S. The molecule has 0 aliphatic rings. The molecule has 0 spiro atoms. The van der Waals surface area contributed by atoms with Crippen LogP contribution in [0.1, 0.15) is 21.5 Å². The summed E-state index contributed by atoms with van der Waals surface area (Å²) < 4.78 is 42.1. The molecule has 0 saturated carbocycles. The van der Waals surface area contributed by atoms with Crippen LogP contribution in [0.4, 0.5) is 15.8 Å². The second-order valence-corrected chi connectivity index (χ2v) is 8.71. The molecule has 0 atom stereocenters. The third kappa shape index (κ3) is 5.13. The second kappa shape index (κ2) is 8.23. The van der Waals surface area contributed by atoms with E-state index in [4.69, 9.17) is 11.6 Å². The van der Waals surface area contributed by atoms with E-state index < -0.39 is 21.7 Å². The number of nitrogens with one attached hydrogen (secondary N) is 2. The number of carbonyl (C=O) groups is 1. The first-order chi connectivity index (χ1) is 13.6. The summed E-state index contributed by atoms with van der Waals surface area (Å²) in [4.78, 5) is 12.0. The van der Waals surface area contributed by atoms with Gasteiger partial charge in [0, 0.05) is 16.3 Å². The first-order valence-corrected chi connectivity index (χ1v) is 10.5. The summed E-state index contributed by atoms with van der Waals surface area (Å²) >= 11 is 5.85. The summed E-state index contributed by atoms with van der Waals surface area (Å²) in [6, 6.07) is 14.8. The van der Waals surface area contributed by atoms with Crippen LogP contribution < -0.4 is 10.0 Å². The summed E-state index contributed by atoms with van der Waals surface area (Å²) in [5.74, 6) is -1.43. The molecule has 8 heteroatoms. The van der Waals surface area contributed by atoms with Crippen molar-refractivity contribution in [2.24, 2.45) is 0 Å². The standard InChI is InChI=1S/C21H18ClFN2O3S/c1-13-8-14(2)10-17(9-13)25-29(27,28)18-6-7-20(19(23)12-18)24-21(26)15-4-3-5-16(22)11-15/h3-12,25H,1-2H3,(H,24,26). The van der Waals surface area contributed by atoms with Gasteiger partial charge in [0.15, 0.2) is 0 Å². The molecule has 29 heavy (non-hydrogen) atoms. The van der Waals surface area contributed by atoms with Crippen LogP contribution in [-0.2, 0) is 10.0 Å². The number of hydrogen-bond donors (Lipinski definition) is 2. The summed E-state index contributed by atoms with van der Waals surface area (Å²) in [5.41, 5.74) is 2.30. The Balaban J connectivity index is 1.82. The number of amides is 1. The lowest BCUT2D eigenvalue weighted by Gasteiger charge is -2.12. The van der Waals surface area contributed by atoms with Gasteiger partial charge < -0.3 is 5.32 Å². The summed E-state index contributed by atoms with van der Waals surface area (Å²) in [6.45, 7) is 3.70. The zero-order valence-corrected chi connectivity index (χ0v) is 17.2. The molecule has 0 aromatic heterocycles. The minimum atomic E-state index is -3.99. The van der Waals surface area contributed by atoms with E-state index in [0.29, 0.717) is 10.7 Å². The van der Waals surface area contributed by atoms with Crippen molar-refractivity contribution in [2.75, 3.05) is 10.0 Å². The summed E-state index contributed by atoms with van der Waals surface area (Å²) in [5, 5.41) is 2.78. The van der Waals surface area contributed by atoms with Gasteiger partial charge in [-0.3, -0.25) is 9.52 Å². The van der Waals surface area contributed by atoms with Crippen molar-refractivity contribution < 1.29 is 17.6 Å². The molecule has 0 radical (unpaired) electrons. The Kier molecular flexibility index (Phi) is 5.91. The number of rotatable bonds is 5. The van der Waals surface area contributed by atoms with Crippen LogP contribution in [0.3, 0.4) is 0 Å². The van der Waals surface area contributed by atoms with Crippen molar-refractivity contribution >= 4 is 38.9 Å². The van der Waals surface area contributed by atoms with Gasteiger partial charge in [-0.25, -0.2) is 12.8 Å². The fourth-order valence-electron chi connectivity index (χ4n) is 2.84. The van der Waals surface area contributed by atoms with Crippen LogP contribution >= 0.6 is 11.6 Å². The first-order valence-electron chi connectivity index (χ1n) is 8.62. The van der Waals surface area contributed by atoms with Crippen molar-refractivity contribution in [1.29, 1.82) is 0 Å². The zero-order chi connectivity index (χ0) is 21.2. The zero-order valence-electron chi connectivity index (χ0n) is 15.7. The van der Waals surface area contributed by atoms with Gasteiger partial charge in [-0.05, 0) is 73.5 Å². The van der Waals surface area contributed by atoms with Crippen molar-refractivity contribution in [3.63, 3.8) is 0 Å². The molecule has 0 saturated heterocycles. The molecule has 0 bridgehead atoms. The molecule has 1 amide bonds. The molecule has 0 aliphatic carbocycles. The summed E-state index contributed by atoms with van der Waals surface area (Å²) in [7, 11) is -3.99. The topological polar surface area (TPSA) is 75.3 Å². The Morgan fingerprint density at radius 3 is 2.28 bits per heavy atom. The Hall–Kier alpha value is -2.90. The van der Waals surface area contributed by atoms with Crippen LogP contribution in [-0.4, -0.2) is 14.3 Å². The highest BCUT2D eigenvalue weighted by molar-refractivity contribution is 7.92. The van der Waals surface area contributed by atoms with Gasteiger partial charge in [0.25, 0.3) is 15.9 Å². The van der Waals surface area contributed by atoms with Crippen LogP contribution in [0.5, 0.6) is 0 Å². The third-order valence-corrected chi connectivity index (χ3v) is 5.67. The molecule has 2 N–H and O–H groups in total. The number of benzene rings is 3. The molecule has 150 valence electrons. The lowest BCUT2D eigenvalue weighted by molar-refractivity contribution is 0.102. The Morgan fingerprint density at radius 1 is 0.966 bits per heavy atom. The third-order valence-electron chi connectivity index (χ3n) is 4.06. The lowest BCUT2D eigenvalue weighted by Crippen LogP contribution is -2.15. The van der Waals surface area contributed by atoms with Gasteiger partial charge in [0.1, 0.15) is 5.82 Å². The van der Waals surface area contributed by atoms with E-state index in [1.54, 1.807) is 24.3 Å². The van der Waals surface area contributed by atoms with Gasteiger partial charge in [-0.2, -0.15) is 0 Å². The molecule has 3 aromatic carbocycles. The molecule has 0 fully saturated rings. The molecular weight excluding hydrogens is 415 g/mol. The minimum Gasteiger partial charge on any atom is -0.319 e. The van der Waals surface area contributed by atoms with Gasteiger partial charge >= 0.3 is 0 Å². The number of hydrogen-bond acceptors (Lipinski definition) is 3. The van der Waals surface area contributed by atoms with Crippen LogP contribution in [0.25, 0.3) is 0 Å². The molecule has 5 nitrogen and oxygen atoms in total. The number of carbonyl (C=O) groups excluding carboxylic acids is 1.